The Morgan fingerprint density at radius 2 is 0.654 bits per heavy atom. The summed E-state index contributed by atoms with van der Waals surface area (Å²) in [6.07, 6.45) is 8.46. The molecule has 0 aromatic rings. The fourth-order valence-corrected chi connectivity index (χ4v) is 5.63. The zero-order valence-electron chi connectivity index (χ0n) is 33.4. The van der Waals surface area contributed by atoms with E-state index in [4.69, 9.17) is 18.9 Å². The molecule has 6 atom stereocenters. The summed E-state index contributed by atoms with van der Waals surface area (Å²) >= 11 is 0. The number of hydrogen-bond acceptors (Lipinski definition) is 15. The van der Waals surface area contributed by atoms with Gasteiger partial charge in [0.2, 0.25) is 0 Å². The Bertz CT molecular complexity index is 882. The van der Waals surface area contributed by atoms with Crippen molar-refractivity contribution in [3.05, 3.63) is 0 Å². The zero-order valence-corrected chi connectivity index (χ0v) is 33.4. The Kier molecular flexibility index (Phi) is 32.2. The van der Waals surface area contributed by atoms with E-state index >= 15 is 0 Å². The molecule has 52 heavy (non-hydrogen) atoms. The van der Waals surface area contributed by atoms with Crippen LogP contribution in [0.3, 0.4) is 0 Å². The van der Waals surface area contributed by atoms with Crippen LogP contribution in [0.15, 0.2) is 0 Å². The van der Waals surface area contributed by atoms with Crippen LogP contribution in [0.2, 0.25) is 0 Å². The van der Waals surface area contributed by atoms with Gasteiger partial charge in [0, 0.05) is 18.3 Å². The number of carbonyl (C=O) groups excluding carboxylic acids is 5. The van der Waals surface area contributed by atoms with Crippen LogP contribution in [0.4, 0.5) is 24.0 Å². The highest BCUT2D eigenvalue weighted by molar-refractivity contribution is 5.63. The number of hydrogen-bond donors (Lipinski definition) is 0. The molecule has 3 saturated carbocycles. The van der Waals surface area contributed by atoms with E-state index in [1.807, 2.05) is 69.2 Å². The first-order chi connectivity index (χ1) is 25.4. The molecule has 15 nitrogen and oxygen atoms in total. The van der Waals surface area contributed by atoms with Gasteiger partial charge >= 0.3 is 30.8 Å². The van der Waals surface area contributed by atoms with E-state index < -0.39 is 30.8 Å². The summed E-state index contributed by atoms with van der Waals surface area (Å²) in [6, 6.07) is 0. The first-order valence-electron chi connectivity index (χ1n) is 19.5. The number of ether oxygens (including phenoxy) is 10. The molecule has 8 fully saturated rings. The molecule has 5 saturated heterocycles. The number of rotatable bonds is 0. The summed E-state index contributed by atoms with van der Waals surface area (Å²) in [6.45, 7) is 22.9. The Morgan fingerprint density at radius 3 is 0.981 bits per heavy atom. The molecule has 2 bridgehead atoms. The minimum atomic E-state index is -0.546. The SMILES string of the molecule is CC.CC.CC.CC.CC.O=C1OC2C3CCC(C3)C2O1.O=C1OC2CCCCC2O1.O=C1OCCCCO1.O=C1OCCCO1.O=C1OCCO1. The first kappa shape index (κ1) is 50.5. The minimum absolute atomic E-state index is 0.0706. The van der Waals surface area contributed by atoms with Crippen LogP contribution < -0.4 is 0 Å². The monoisotopic (exact) mass is 752 g/mol. The van der Waals surface area contributed by atoms with Gasteiger partial charge in [-0.2, -0.15) is 0 Å². The summed E-state index contributed by atoms with van der Waals surface area (Å²) in [5.74, 6) is 1.22. The maximum Gasteiger partial charge on any atom is 0.509 e. The number of carbonyl (C=O) groups is 5. The number of fused-ring (bicyclic) bond motifs is 6. The standard InChI is InChI=1S/C8H10O3.C7H10O3.C5H8O3.C4H6O3.C3H4O3.5C2H6/c9-8-10-6-4-1-2-5(3-4)7(6)11-8;8-7-9-5-3-1-2-4-6(5)10-7;6-5-7-3-1-2-4-8-5;5-4-6-2-1-3-7-4;4-3-5-1-2-6-3;5*1-2/h4-7H,1-3H2;5-6H,1-4H2;1-4H2;1-3H2;1-2H2;5*1-2H3. The zero-order chi connectivity index (χ0) is 39.7. The Hall–Kier alpha value is -3.65. The molecular weight excluding hydrogens is 684 g/mol. The largest absolute Gasteiger partial charge is 0.509 e. The average molecular weight is 753 g/mol. The topological polar surface area (TPSA) is 178 Å². The van der Waals surface area contributed by atoms with Gasteiger partial charge < -0.3 is 47.4 Å². The highest BCUT2D eigenvalue weighted by Gasteiger charge is 2.55. The lowest BCUT2D eigenvalue weighted by atomic mass is 9.95. The second-order valence-electron chi connectivity index (χ2n) is 10.5. The summed E-state index contributed by atoms with van der Waals surface area (Å²) in [7, 11) is 0. The lowest BCUT2D eigenvalue weighted by Crippen LogP contribution is -2.28. The molecular formula is C37H68O15. The molecule has 0 aromatic heterocycles. The van der Waals surface area contributed by atoms with Crippen LogP contribution in [0.25, 0.3) is 0 Å². The normalized spacial score (nSPS) is 27.2. The van der Waals surface area contributed by atoms with Crippen molar-refractivity contribution in [1.29, 1.82) is 0 Å². The summed E-state index contributed by atoms with van der Waals surface area (Å²) < 4.78 is 46.4. The fourth-order valence-electron chi connectivity index (χ4n) is 5.63. The van der Waals surface area contributed by atoms with Gasteiger partial charge in [0.05, 0.1) is 26.4 Å². The maximum atomic E-state index is 10.7. The Balaban J connectivity index is 0. The van der Waals surface area contributed by atoms with Gasteiger partial charge in [-0.15, -0.1) is 0 Å². The molecule has 5 aliphatic heterocycles. The average Bonchev–Trinajstić information content (AvgIpc) is 4.04. The molecule has 8 aliphatic rings. The Labute approximate surface area is 311 Å². The second-order valence-corrected chi connectivity index (χ2v) is 10.5. The van der Waals surface area contributed by atoms with Gasteiger partial charge in [-0.05, 0) is 57.8 Å². The van der Waals surface area contributed by atoms with Crippen LogP contribution in [-0.4, -0.2) is 94.8 Å². The molecule has 5 heterocycles. The van der Waals surface area contributed by atoms with Gasteiger partial charge in [-0.25, -0.2) is 24.0 Å². The van der Waals surface area contributed by atoms with Crippen molar-refractivity contribution < 1.29 is 71.3 Å². The smallest absolute Gasteiger partial charge is 0.434 e. The lowest BCUT2D eigenvalue weighted by Gasteiger charge is -2.19. The van der Waals surface area contributed by atoms with Crippen molar-refractivity contribution in [3.8, 4) is 0 Å². The van der Waals surface area contributed by atoms with Crippen molar-refractivity contribution in [2.45, 2.75) is 158 Å². The Morgan fingerprint density at radius 1 is 0.346 bits per heavy atom. The summed E-state index contributed by atoms with van der Waals surface area (Å²) in [5, 5.41) is 0. The molecule has 306 valence electrons. The highest BCUT2D eigenvalue weighted by Crippen LogP contribution is 2.49. The van der Waals surface area contributed by atoms with Gasteiger partial charge in [0.25, 0.3) is 0 Å². The van der Waals surface area contributed by atoms with Gasteiger partial charge in [-0.3, -0.25) is 0 Å². The van der Waals surface area contributed by atoms with Crippen LogP contribution in [-0.2, 0) is 47.4 Å². The summed E-state index contributed by atoms with van der Waals surface area (Å²) in [5.41, 5.74) is 0. The van der Waals surface area contributed by atoms with Crippen molar-refractivity contribution >= 4 is 30.8 Å². The third-order valence-corrected chi connectivity index (χ3v) is 7.60. The van der Waals surface area contributed by atoms with Crippen LogP contribution in [0.1, 0.15) is 133 Å². The maximum absolute atomic E-state index is 10.7. The van der Waals surface area contributed by atoms with Crippen molar-refractivity contribution in [2.24, 2.45) is 11.8 Å². The van der Waals surface area contributed by atoms with E-state index in [0.29, 0.717) is 51.5 Å². The van der Waals surface area contributed by atoms with Gasteiger partial charge in [0.15, 0.2) is 0 Å². The van der Waals surface area contributed by atoms with Crippen molar-refractivity contribution in [2.75, 3.05) is 39.6 Å². The van der Waals surface area contributed by atoms with E-state index in [-0.39, 0.29) is 24.4 Å². The second kappa shape index (κ2) is 33.2. The fraction of sp³-hybridized carbons (Fsp3) is 0.865. The molecule has 0 radical (unpaired) electrons. The third kappa shape index (κ3) is 20.4. The van der Waals surface area contributed by atoms with E-state index in [1.165, 1.54) is 19.3 Å². The van der Waals surface area contributed by atoms with Crippen LogP contribution in [0.5, 0.6) is 0 Å². The quantitative estimate of drug-likeness (QED) is 0.169. The minimum Gasteiger partial charge on any atom is -0.434 e. The van der Waals surface area contributed by atoms with E-state index in [0.717, 1.165) is 44.9 Å². The number of cyclic esters (lactones) is 6. The molecule has 0 spiro atoms. The predicted octanol–water partition coefficient (Wildman–Crippen LogP) is 9.55. The van der Waals surface area contributed by atoms with E-state index in [1.54, 1.807) is 0 Å². The predicted molar refractivity (Wildman–Crippen MR) is 192 cm³/mol. The molecule has 6 unspecified atom stereocenters. The van der Waals surface area contributed by atoms with Crippen molar-refractivity contribution in [1.82, 2.24) is 0 Å². The third-order valence-electron chi connectivity index (χ3n) is 7.60. The molecule has 8 rings (SSSR count). The molecule has 3 aliphatic carbocycles. The van der Waals surface area contributed by atoms with Crippen LogP contribution in [0, 0.1) is 11.8 Å². The van der Waals surface area contributed by atoms with E-state index in [9.17, 15) is 24.0 Å². The first-order valence-corrected chi connectivity index (χ1v) is 19.5. The van der Waals surface area contributed by atoms with Gasteiger partial charge in [0.1, 0.15) is 37.6 Å². The summed E-state index contributed by atoms with van der Waals surface area (Å²) in [4.78, 5) is 51.4. The van der Waals surface area contributed by atoms with Crippen molar-refractivity contribution in [3.63, 3.8) is 0 Å². The highest BCUT2D eigenvalue weighted by atomic mass is 16.8. The van der Waals surface area contributed by atoms with Gasteiger partial charge in [-0.1, -0.05) is 69.2 Å². The molecule has 0 aromatic carbocycles. The molecule has 0 N–H and O–H groups in total. The lowest BCUT2D eigenvalue weighted by molar-refractivity contribution is 0.0192. The molecule has 15 heteroatoms. The molecule has 0 amide bonds. The van der Waals surface area contributed by atoms with E-state index in [2.05, 4.69) is 28.4 Å². The van der Waals surface area contributed by atoms with Crippen LogP contribution >= 0.6 is 0 Å².